The first kappa shape index (κ1) is 18.9. The van der Waals surface area contributed by atoms with Crippen molar-refractivity contribution in [3.8, 4) is 5.75 Å². The Kier molecular flexibility index (Phi) is 5.76. The van der Waals surface area contributed by atoms with Crippen molar-refractivity contribution < 1.29 is 18.3 Å². The molecular formula is C20H18ClFN2O3. The van der Waals surface area contributed by atoms with Crippen LogP contribution in [0.25, 0.3) is 0 Å². The summed E-state index contributed by atoms with van der Waals surface area (Å²) in [4.78, 5) is 18.2. The molecule has 0 bridgehead atoms. The molecule has 0 unspecified atom stereocenters. The summed E-state index contributed by atoms with van der Waals surface area (Å²) < 4.78 is 23.8. The Morgan fingerprint density at radius 2 is 2.00 bits per heavy atom. The molecule has 2 aromatic carbocycles. The highest BCUT2D eigenvalue weighted by molar-refractivity contribution is 6.32. The molecule has 0 aliphatic heterocycles. The van der Waals surface area contributed by atoms with Crippen molar-refractivity contribution in [1.82, 2.24) is 9.88 Å². The van der Waals surface area contributed by atoms with E-state index in [9.17, 15) is 9.18 Å². The summed E-state index contributed by atoms with van der Waals surface area (Å²) in [5.74, 6) is -0.179. The summed E-state index contributed by atoms with van der Waals surface area (Å²) in [5, 5.41) is 0.149. The maximum atomic E-state index is 13.0. The summed E-state index contributed by atoms with van der Waals surface area (Å²) in [6.07, 6.45) is 1.29. The van der Waals surface area contributed by atoms with Gasteiger partial charge in [-0.3, -0.25) is 4.79 Å². The largest absolute Gasteiger partial charge is 0.482 e. The van der Waals surface area contributed by atoms with E-state index in [4.69, 9.17) is 20.8 Å². The van der Waals surface area contributed by atoms with Crippen LogP contribution in [0.2, 0.25) is 5.02 Å². The lowest BCUT2D eigenvalue weighted by Gasteiger charge is -2.15. The number of hydrogen-bond donors (Lipinski definition) is 0. The normalized spacial score (nSPS) is 10.7. The average molecular weight is 389 g/mol. The number of hydrogen-bond acceptors (Lipinski definition) is 4. The number of nitrogens with zero attached hydrogens (tertiary/aromatic N) is 2. The lowest BCUT2D eigenvalue weighted by atomic mass is 10.1. The quantitative estimate of drug-likeness (QED) is 0.618. The van der Waals surface area contributed by atoms with Gasteiger partial charge in [-0.05, 0) is 30.7 Å². The Labute approximate surface area is 161 Å². The van der Waals surface area contributed by atoms with Gasteiger partial charge < -0.3 is 14.1 Å². The number of ether oxygens (including phenoxy) is 1. The highest BCUT2D eigenvalue weighted by atomic mass is 35.5. The van der Waals surface area contributed by atoms with Gasteiger partial charge in [0.15, 0.2) is 12.3 Å². The molecule has 0 aliphatic carbocycles. The summed E-state index contributed by atoms with van der Waals surface area (Å²) in [6.45, 7) is 2.44. The van der Waals surface area contributed by atoms with Crippen molar-refractivity contribution in [1.29, 1.82) is 0 Å². The van der Waals surface area contributed by atoms with Crippen LogP contribution < -0.4 is 4.74 Å². The van der Waals surface area contributed by atoms with Crippen molar-refractivity contribution in [3.63, 3.8) is 0 Å². The molecule has 0 N–H and O–H groups in total. The molecule has 0 aliphatic rings. The van der Waals surface area contributed by atoms with Gasteiger partial charge in [0.2, 0.25) is 5.89 Å². The average Bonchev–Trinajstić information content (AvgIpc) is 3.11. The van der Waals surface area contributed by atoms with Crippen molar-refractivity contribution in [2.45, 2.75) is 20.1 Å². The molecule has 3 rings (SSSR count). The van der Waals surface area contributed by atoms with Crippen LogP contribution >= 0.6 is 11.6 Å². The SMILES string of the molecule is Cc1ccc(CN(C)C(=O)c2coc(COc3ccc(F)cc3Cl)n2)cc1. The van der Waals surface area contributed by atoms with Gasteiger partial charge in [0.05, 0.1) is 5.02 Å². The molecule has 7 heteroatoms. The number of aromatic nitrogens is 1. The summed E-state index contributed by atoms with van der Waals surface area (Å²) in [7, 11) is 1.70. The molecule has 0 saturated carbocycles. The predicted molar refractivity (Wildman–Crippen MR) is 99.2 cm³/mol. The van der Waals surface area contributed by atoms with Gasteiger partial charge in [0, 0.05) is 13.6 Å². The first-order chi connectivity index (χ1) is 12.9. The van der Waals surface area contributed by atoms with E-state index in [1.54, 1.807) is 11.9 Å². The Hall–Kier alpha value is -2.86. The zero-order valence-corrected chi connectivity index (χ0v) is 15.7. The van der Waals surface area contributed by atoms with E-state index in [-0.39, 0.29) is 29.1 Å². The van der Waals surface area contributed by atoms with E-state index >= 15 is 0 Å². The van der Waals surface area contributed by atoms with Crippen LogP contribution in [0.3, 0.4) is 0 Å². The third-order valence-corrected chi connectivity index (χ3v) is 4.20. The van der Waals surface area contributed by atoms with E-state index in [1.165, 1.54) is 18.4 Å². The first-order valence-electron chi connectivity index (χ1n) is 8.25. The van der Waals surface area contributed by atoms with Crippen molar-refractivity contribution in [3.05, 3.63) is 82.3 Å². The van der Waals surface area contributed by atoms with Gasteiger partial charge in [-0.1, -0.05) is 41.4 Å². The zero-order valence-electron chi connectivity index (χ0n) is 14.9. The van der Waals surface area contributed by atoms with Gasteiger partial charge in [0.25, 0.3) is 5.91 Å². The molecule has 1 heterocycles. The van der Waals surface area contributed by atoms with Crippen LogP contribution in [0, 0.1) is 12.7 Å². The molecular weight excluding hydrogens is 371 g/mol. The minimum Gasteiger partial charge on any atom is -0.482 e. The second-order valence-corrected chi connectivity index (χ2v) is 6.54. The minimum atomic E-state index is -0.451. The van der Waals surface area contributed by atoms with Crippen LogP contribution in [0.1, 0.15) is 27.5 Å². The van der Waals surface area contributed by atoms with Gasteiger partial charge in [-0.25, -0.2) is 9.37 Å². The van der Waals surface area contributed by atoms with Crippen LogP contribution in [0.15, 0.2) is 53.1 Å². The molecule has 1 aromatic heterocycles. The predicted octanol–water partition coefficient (Wildman–Crippen LogP) is 4.63. The van der Waals surface area contributed by atoms with Crippen molar-refractivity contribution in [2.75, 3.05) is 7.05 Å². The van der Waals surface area contributed by atoms with Gasteiger partial charge in [-0.15, -0.1) is 0 Å². The summed E-state index contributed by atoms with van der Waals surface area (Å²) >= 11 is 5.90. The lowest BCUT2D eigenvalue weighted by molar-refractivity contribution is 0.0779. The number of oxazole rings is 1. The molecule has 1 amide bonds. The molecule has 0 radical (unpaired) electrons. The van der Waals surface area contributed by atoms with E-state index in [1.807, 2.05) is 31.2 Å². The molecule has 5 nitrogen and oxygen atoms in total. The number of aryl methyl sites for hydroxylation is 1. The fourth-order valence-corrected chi connectivity index (χ4v) is 2.66. The minimum absolute atomic E-state index is 0.0275. The van der Waals surface area contributed by atoms with Gasteiger partial charge >= 0.3 is 0 Å². The maximum Gasteiger partial charge on any atom is 0.275 e. The van der Waals surface area contributed by atoms with Crippen molar-refractivity contribution >= 4 is 17.5 Å². The Balaban J connectivity index is 1.60. The monoisotopic (exact) mass is 388 g/mol. The number of benzene rings is 2. The van der Waals surface area contributed by atoms with E-state index in [0.29, 0.717) is 12.3 Å². The number of carbonyl (C=O) groups excluding carboxylic acids is 1. The van der Waals surface area contributed by atoms with Crippen LogP contribution in [-0.4, -0.2) is 22.8 Å². The number of halogens is 2. The second kappa shape index (κ2) is 8.22. The highest BCUT2D eigenvalue weighted by Gasteiger charge is 2.17. The summed E-state index contributed by atoms with van der Waals surface area (Å²) in [5.41, 5.74) is 2.37. The first-order valence-corrected chi connectivity index (χ1v) is 8.63. The number of amides is 1. The smallest absolute Gasteiger partial charge is 0.275 e. The Morgan fingerprint density at radius 3 is 2.70 bits per heavy atom. The third-order valence-electron chi connectivity index (χ3n) is 3.90. The van der Waals surface area contributed by atoms with Crippen molar-refractivity contribution in [2.24, 2.45) is 0 Å². The second-order valence-electron chi connectivity index (χ2n) is 6.14. The highest BCUT2D eigenvalue weighted by Crippen LogP contribution is 2.25. The molecule has 3 aromatic rings. The van der Waals surface area contributed by atoms with Crippen LogP contribution in [-0.2, 0) is 13.2 Å². The van der Waals surface area contributed by atoms with Gasteiger partial charge in [0.1, 0.15) is 17.8 Å². The number of carbonyl (C=O) groups is 1. The van der Waals surface area contributed by atoms with E-state index < -0.39 is 5.82 Å². The van der Waals surface area contributed by atoms with E-state index in [0.717, 1.165) is 17.2 Å². The van der Waals surface area contributed by atoms with Crippen LogP contribution in [0.4, 0.5) is 4.39 Å². The Bertz CT molecular complexity index is 941. The molecule has 0 saturated heterocycles. The zero-order chi connectivity index (χ0) is 19.4. The standard InChI is InChI=1S/C20H18ClFN2O3/c1-13-3-5-14(6-4-13)10-24(2)20(25)17-11-27-19(23-17)12-26-18-8-7-15(22)9-16(18)21/h3-9,11H,10,12H2,1-2H3. The number of rotatable bonds is 6. The molecule has 0 spiro atoms. The maximum absolute atomic E-state index is 13.0. The molecule has 0 fully saturated rings. The van der Waals surface area contributed by atoms with Gasteiger partial charge in [-0.2, -0.15) is 0 Å². The topological polar surface area (TPSA) is 55.6 Å². The molecule has 0 atom stereocenters. The lowest BCUT2D eigenvalue weighted by Crippen LogP contribution is -2.26. The molecule has 140 valence electrons. The van der Waals surface area contributed by atoms with E-state index in [2.05, 4.69) is 4.98 Å². The third kappa shape index (κ3) is 4.86. The fourth-order valence-electron chi connectivity index (χ4n) is 2.44. The Morgan fingerprint density at radius 1 is 1.26 bits per heavy atom. The van der Waals surface area contributed by atoms with Crippen LogP contribution in [0.5, 0.6) is 5.75 Å². The fraction of sp³-hybridized carbons (Fsp3) is 0.200. The molecule has 27 heavy (non-hydrogen) atoms. The summed E-state index contributed by atoms with van der Waals surface area (Å²) in [6, 6.07) is 11.8.